The molecule has 9 nitrogen and oxygen atoms in total. The maximum absolute atomic E-state index is 13.5. The van der Waals surface area contributed by atoms with Gasteiger partial charge in [-0.2, -0.15) is 9.41 Å². The first kappa shape index (κ1) is 26.7. The molecule has 3 aromatic rings. The van der Waals surface area contributed by atoms with Gasteiger partial charge in [0.05, 0.1) is 39.0 Å². The number of carbonyl (C=O) groups excluding carboxylic acids is 1. The minimum absolute atomic E-state index is 0.0152. The molecular formula is C26H29N3O6S. The predicted molar refractivity (Wildman–Crippen MR) is 137 cm³/mol. The SMILES string of the molecule is COc1ccccc1/C=N\NC(=O)CN(CCc1ccccc1)S(=O)(=O)c1ccc(OC)c(OC)c1. The fourth-order valence-corrected chi connectivity index (χ4v) is 4.86. The summed E-state index contributed by atoms with van der Waals surface area (Å²) in [6, 6.07) is 20.9. The Labute approximate surface area is 211 Å². The number of amides is 1. The first-order valence-electron chi connectivity index (χ1n) is 11.1. The molecule has 0 aliphatic heterocycles. The molecule has 0 radical (unpaired) electrons. The number of nitrogens with one attached hydrogen (secondary N) is 1. The summed E-state index contributed by atoms with van der Waals surface area (Å²) in [7, 11) is 0.381. The van der Waals surface area contributed by atoms with Crippen molar-refractivity contribution in [2.75, 3.05) is 34.4 Å². The molecule has 0 unspecified atom stereocenters. The number of hydrogen-bond donors (Lipinski definition) is 1. The van der Waals surface area contributed by atoms with Crippen LogP contribution in [0.1, 0.15) is 11.1 Å². The van der Waals surface area contributed by atoms with Crippen LogP contribution in [0.15, 0.2) is 82.8 Å². The number of hydrazone groups is 1. The van der Waals surface area contributed by atoms with E-state index in [0.717, 1.165) is 9.87 Å². The van der Waals surface area contributed by atoms with Crippen LogP contribution in [-0.2, 0) is 21.2 Å². The van der Waals surface area contributed by atoms with Gasteiger partial charge in [0.2, 0.25) is 10.0 Å². The molecule has 0 aliphatic carbocycles. The molecule has 0 saturated carbocycles. The quantitative estimate of drug-likeness (QED) is 0.296. The van der Waals surface area contributed by atoms with Gasteiger partial charge in [0.15, 0.2) is 11.5 Å². The fourth-order valence-electron chi connectivity index (χ4n) is 3.45. The van der Waals surface area contributed by atoms with E-state index in [9.17, 15) is 13.2 Å². The smallest absolute Gasteiger partial charge is 0.255 e. The summed E-state index contributed by atoms with van der Waals surface area (Å²) in [5.74, 6) is 0.678. The van der Waals surface area contributed by atoms with Gasteiger partial charge in [-0.25, -0.2) is 13.8 Å². The molecule has 0 aliphatic rings. The number of sulfonamides is 1. The second-order valence-corrected chi connectivity index (χ2v) is 9.56. The first-order chi connectivity index (χ1) is 17.4. The largest absolute Gasteiger partial charge is 0.496 e. The summed E-state index contributed by atoms with van der Waals surface area (Å²) in [5, 5.41) is 3.96. The number of hydrogen-bond acceptors (Lipinski definition) is 7. The summed E-state index contributed by atoms with van der Waals surface area (Å²) in [5.41, 5.74) is 4.01. The lowest BCUT2D eigenvalue weighted by atomic mass is 10.1. The van der Waals surface area contributed by atoms with Crippen LogP contribution in [0.4, 0.5) is 0 Å². The highest BCUT2D eigenvalue weighted by molar-refractivity contribution is 7.89. The summed E-state index contributed by atoms with van der Waals surface area (Å²) >= 11 is 0. The van der Waals surface area contributed by atoms with Crippen LogP contribution < -0.4 is 19.6 Å². The molecule has 36 heavy (non-hydrogen) atoms. The zero-order valence-electron chi connectivity index (χ0n) is 20.4. The first-order valence-corrected chi connectivity index (χ1v) is 12.5. The van der Waals surface area contributed by atoms with Gasteiger partial charge >= 0.3 is 0 Å². The maximum atomic E-state index is 13.5. The fraction of sp³-hybridized carbons (Fsp3) is 0.231. The van der Waals surface area contributed by atoms with E-state index in [1.54, 1.807) is 12.1 Å². The van der Waals surface area contributed by atoms with Crippen LogP contribution in [0, 0.1) is 0 Å². The average Bonchev–Trinajstić information content (AvgIpc) is 2.91. The van der Waals surface area contributed by atoms with Gasteiger partial charge in [-0.15, -0.1) is 0 Å². The molecule has 3 aromatic carbocycles. The van der Waals surface area contributed by atoms with Crippen LogP contribution in [0.3, 0.4) is 0 Å². The Bertz CT molecular complexity index is 1300. The number of benzene rings is 3. The summed E-state index contributed by atoms with van der Waals surface area (Å²) in [6.07, 6.45) is 1.86. The second kappa shape index (κ2) is 12.7. The molecule has 0 aromatic heterocycles. The second-order valence-electron chi connectivity index (χ2n) is 7.63. The van der Waals surface area contributed by atoms with Crippen LogP contribution >= 0.6 is 0 Å². The van der Waals surface area contributed by atoms with E-state index in [1.807, 2.05) is 42.5 Å². The molecule has 190 valence electrons. The van der Waals surface area contributed by atoms with Crippen LogP contribution in [0.25, 0.3) is 0 Å². The Kier molecular flexibility index (Phi) is 9.43. The Morgan fingerprint density at radius 1 is 0.889 bits per heavy atom. The van der Waals surface area contributed by atoms with Gasteiger partial charge in [0.25, 0.3) is 5.91 Å². The Hall–Kier alpha value is -3.89. The van der Waals surface area contributed by atoms with E-state index in [-0.39, 0.29) is 17.2 Å². The highest BCUT2D eigenvalue weighted by Gasteiger charge is 2.27. The monoisotopic (exact) mass is 511 g/mol. The van der Waals surface area contributed by atoms with Gasteiger partial charge in [-0.1, -0.05) is 42.5 Å². The zero-order chi connectivity index (χ0) is 26.0. The van der Waals surface area contributed by atoms with Crippen molar-refractivity contribution in [2.24, 2.45) is 5.10 Å². The van der Waals surface area contributed by atoms with Crippen molar-refractivity contribution in [1.29, 1.82) is 0 Å². The number of methoxy groups -OCH3 is 3. The lowest BCUT2D eigenvalue weighted by Crippen LogP contribution is -2.40. The molecule has 1 amide bonds. The Balaban J connectivity index is 1.81. The number of ether oxygens (including phenoxy) is 3. The molecule has 0 bridgehead atoms. The number of para-hydroxylation sites is 1. The number of nitrogens with zero attached hydrogens (tertiary/aromatic N) is 2. The van der Waals surface area contributed by atoms with Crippen molar-refractivity contribution < 1.29 is 27.4 Å². The van der Waals surface area contributed by atoms with E-state index in [1.165, 1.54) is 45.7 Å². The van der Waals surface area contributed by atoms with Gasteiger partial charge in [-0.05, 0) is 36.2 Å². The summed E-state index contributed by atoms with van der Waals surface area (Å²) in [4.78, 5) is 12.7. The van der Waals surface area contributed by atoms with Gasteiger partial charge in [0.1, 0.15) is 5.75 Å². The highest BCUT2D eigenvalue weighted by Crippen LogP contribution is 2.30. The molecule has 10 heteroatoms. The van der Waals surface area contributed by atoms with Crippen molar-refractivity contribution in [3.63, 3.8) is 0 Å². The maximum Gasteiger partial charge on any atom is 0.255 e. The van der Waals surface area contributed by atoms with Gasteiger partial charge in [0, 0.05) is 18.2 Å². The normalized spacial score (nSPS) is 11.4. The number of rotatable bonds is 12. The van der Waals surface area contributed by atoms with E-state index < -0.39 is 22.5 Å². The molecule has 0 heterocycles. The molecule has 3 rings (SSSR count). The summed E-state index contributed by atoms with van der Waals surface area (Å²) in [6.45, 7) is -0.336. The van der Waals surface area contributed by atoms with Crippen molar-refractivity contribution in [2.45, 2.75) is 11.3 Å². The molecule has 0 saturated heterocycles. The van der Waals surface area contributed by atoms with E-state index in [4.69, 9.17) is 14.2 Å². The summed E-state index contributed by atoms with van der Waals surface area (Å²) < 4.78 is 43.9. The number of carbonyl (C=O) groups is 1. The van der Waals surface area contributed by atoms with Crippen molar-refractivity contribution in [1.82, 2.24) is 9.73 Å². The topological polar surface area (TPSA) is 107 Å². The lowest BCUT2D eigenvalue weighted by Gasteiger charge is -2.22. The average molecular weight is 512 g/mol. The zero-order valence-corrected chi connectivity index (χ0v) is 21.2. The third-order valence-corrected chi connectivity index (χ3v) is 7.18. The minimum Gasteiger partial charge on any atom is -0.496 e. The molecule has 0 fully saturated rings. The van der Waals surface area contributed by atoms with Crippen LogP contribution in [0.5, 0.6) is 17.2 Å². The lowest BCUT2D eigenvalue weighted by molar-refractivity contribution is -0.121. The standard InChI is InChI=1S/C26H29N3O6S/c1-33-23-12-8-7-11-21(23)18-27-28-26(30)19-29(16-15-20-9-5-4-6-10-20)36(31,32)22-13-14-24(34-2)25(17-22)35-3/h4-14,17-18H,15-16,19H2,1-3H3,(H,28,30)/b27-18-. The van der Waals surface area contributed by atoms with Crippen molar-refractivity contribution in [3.05, 3.63) is 83.9 Å². The third-order valence-electron chi connectivity index (χ3n) is 5.34. The van der Waals surface area contributed by atoms with Crippen molar-refractivity contribution >= 4 is 22.1 Å². The van der Waals surface area contributed by atoms with Gasteiger partial charge in [-0.3, -0.25) is 4.79 Å². The molecule has 0 spiro atoms. The van der Waals surface area contributed by atoms with E-state index in [0.29, 0.717) is 23.5 Å². The Morgan fingerprint density at radius 2 is 1.56 bits per heavy atom. The molecular weight excluding hydrogens is 482 g/mol. The van der Waals surface area contributed by atoms with Crippen LogP contribution in [-0.4, -0.2) is 59.3 Å². The minimum atomic E-state index is -4.05. The van der Waals surface area contributed by atoms with Crippen molar-refractivity contribution in [3.8, 4) is 17.2 Å². The predicted octanol–water partition coefficient (Wildman–Crippen LogP) is 3.10. The van der Waals surface area contributed by atoms with E-state index in [2.05, 4.69) is 10.5 Å². The third kappa shape index (κ3) is 6.83. The van der Waals surface area contributed by atoms with E-state index >= 15 is 0 Å². The van der Waals surface area contributed by atoms with Crippen LogP contribution in [0.2, 0.25) is 0 Å². The van der Waals surface area contributed by atoms with Gasteiger partial charge < -0.3 is 14.2 Å². The molecule has 1 N–H and O–H groups in total. The Morgan fingerprint density at radius 3 is 2.25 bits per heavy atom. The molecule has 0 atom stereocenters. The highest BCUT2D eigenvalue weighted by atomic mass is 32.2.